The Hall–Kier alpha value is -3.82. The Labute approximate surface area is 184 Å². The van der Waals surface area contributed by atoms with E-state index >= 15 is 0 Å². The van der Waals surface area contributed by atoms with Crippen LogP contribution in [0, 0.1) is 22.0 Å². The van der Waals surface area contributed by atoms with Crippen molar-refractivity contribution in [2.75, 3.05) is 13.2 Å². The lowest BCUT2D eigenvalue weighted by Gasteiger charge is -2.14. The highest BCUT2D eigenvalue weighted by molar-refractivity contribution is 6.30. The number of amides is 1. The summed E-state index contributed by atoms with van der Waals surface area (Å²) in [5, 5.41) is 13.9. The Balaban J connectivity index is 1.37. The predicted molar refractivity (Wildman–Crippen MR) is 118 cm³/mol. The monoisotopic (exact) mass is 432 g/mol. The topological polar surface area (TPSA) is 81.5 Å². The Morgan fingerprint density at radius 2 is 1.71 bits per heavy atom. The van der Waals surface area contributed by atoms with Gasteiger partial charge >= 0.3 is 6.09 Å². The van der Waals surface area contributed by atoms with Crippen LogP contribution in [0.5, 0.6) is 0 Å². The molecule has 1 aliphatic carbocycles. The van der Waals surface area contributed by atoms with Crippen molar-refractivity contribution < 1.29 is 14.5 Å². The van der Waals surface area contributed by atoms with Gasteiger partial charge in [0.1, 0.15) is 12.2 Å². The van der Waals surface area contributed by atoms with Gasteiger partial charge in [0.15, 0.2) is 0 Å². The van der Waals surface area contributed by atoms with Gasteiger partial charge in [-0.2, -0.15) is 0 Å². The zero-order valence-corrected chi connectivity index (χ0v) is 17.1. The second kappa shape index (κ2) is 8.90. The average molecular weight is 433 g/mol. The van der Waals surface area contributed by atoms with Gasteiger partial charge in [0.25, 0.3) is 5.69 Å². The Bertz CT molecular complexity index is 1180. The van der Waals surface area contributed by atoms with Gasteiger partial charge in [-0.25, -0.2) is 4.79 Å². The normalized spacial score (nSPS) is 11.6. The molecule has 0 heterocycles. The fraction of sp³-hybridized carbons (Fsp3) is 0.125. The quantitative estimate of drug-likeness (QED) is 0.351. The van der Waals surface area contributed by atoms with Gasteiger partial charge in [-0.15, -0.1) is 0 Å². The Morgan fingerprint density at radius 1 is 1.06 bits per heavy atom. The summed E-state index contributed by atoms with van der Waals surface area (Å²) in [6, 6.07) is 20.4. The molecule has 0 aromatic heterocycles. The number of nitrogens with one attached hydrogen (secondary N) is 1. The van der Waals surface area contributed by atoms with Gasteiger partial charge in [-0.1, -0.05) is 72.0 Å². The maximum absolute atomic E-state index is 12.1. The van der Waals surface area contributed by atoms with Gasteiger partial charge in [-0.05, 0) is 34.4 Å². The largest absolute Gasteiger partial charge is 0.449 e. The van der Waals surface area contributed by atoms with E-state index in [1.165, 1.54) is 18.2 Å². The van der Waals surface area contributed by atoms with E-state index in [1.54, 1.807) is 0 Å². The molecule has 1 aliphatic rings. The molecule has 3 aromatic carbocycles. The van der Waals surface area contributed by atoms with Crippen LogP contribution in [0.1, 0.15) is 22.6 Å². The molecule has 0 saturated carbocycles. The summed E-state index contributed by atoms with van der Waals surface area (Å²) in [5.74, 6) is 5.35. The minimum Gasteiger partial charge on any atom is -0.449 e. The summed E-state index contributed by atoms with van der Waals surface area (Å²) in [4.78, 5) is 22.7. The SMILES string of the molecule is O=C(NCC#Cc1ccc(Cl)cc1[N+](=O)[O-])OCC1c2ccccc2-c2ccccc21. The summed E-state index contributed by atoms with van der Waals surface area (Å²) in [5.41, 5.74) is 4.62. The number of carbonyl (C=O) groups is 1. The minimum absolute atomic E-state index is 0.00352. The van der Waals surface area contributed by atoms with Gasteiger partial charge in [0, 0.05) is 17.0 Å². The lowest BCUT2D eigenvalue weighted by Crippen LogP contribution is -2.26. The van der Waals surface area contributed by atoms with E-state index in [4.69, 9.17) is 16.3 Å². The van der Waals surface area contributed by atoms with Crippen molar-refractivity contribution in [1.29, 1.82) is 0 Å². The summed E-state index contributed by atoms with van der Waals surface area (Å²) >= 11 is 5.79. The number of carbonyl (C=O) groups excluding carboxylic acids is 1. The fourth-order valence-corrected chi connectivity index (χ4v) is 3.83. The number of fused-ring (bicyclic) bond motifs is 3. The molecule has 154 valence electrons. The highest BCUT2D eigenvalue weighted by Crippen LogP contribution is 2.44. The van der Waals surface area contributed by atoms with Crippen LogP contribution < -0.4 is 5.32 Å². The van der Waals surface area contributed by atoms with Crippen LogP contribution in [0.15, 0.2) is 66.7 Å². The second-order valence-corrected chi connectivity index (χ2v) is 7.34. The van der Waals surface area contributed by atoms with E-state index in [-0.39, 0.29) is 35.3 Å². The maximum atomic E-state index is 12.1. The smallest absolute Gasteiger partial charge is 0.407 e. The number of hydrogen-bond donors (Lipinski definition) is 1. The number of ether oxygens (including phenoxy) is 1. The van der Waals surface area contributed by atoms with Crippen molar-refractivity contribution in [3.05, 3.63) is 98.6 Å². The summed E-state index contributed by atoms with van der Waals surface area (Å²) < 4.78 is 5.43. The molecule has 3 aromatic rings. The average Bonchev–Trinajstić information content (AvgIpc) is 3.10. The van der Waals surface area contributed by atoms with E-state index in [2.05, 4.69) is 29.3 Å². The van der Waals surface area contributed by atoms with E-state index in [0.717, 1.165) is 22.3 Å². The molecule has 0 spiro atoms. The third-order valence-corrected chi connectivity index (χ3v) is 5.28. The van der Waals surface area contributed by atoms with E-state index < -0.39 is 11.0 Å². The van der Waals surface area contributed by atoms with Crippen molar-refractivity contribution in [3.63, 3.8) is 0 Å². The standard InChI is InChI=1S/C24H17ClN2O4/c25-17-12-11-16(23(14-17)27(29)30)6-5-13-26-24(28)31-15-22-20-9-3-1-7-18(20)19-8-2-4-10-21(19)22/h1-4,7-12,14,22H,13,15H2,(H,26,28). The van der Waals surface area contributed by atoms with E-state index in [0.29, 0.717) is 0 Å². The highest BCUT2D eigenvalue weighted by atomic mass is 35.5. The minimum atomic E-state index is -0.596. The molecular weight excluding hydrogens is 416 g/mol. The summed E-state index contributed by atoms with van der Waals surface area (Å²) in [7, 11) is 0. The predicted octanol–water partition coefficient (Wildman–Crippen LogP) is 5.14. The molecule has 1 amide bonds. The second-order valence-electron chi connectivity index (χ2n) is 6.90. The molecule has 6 nitrogen and oxygen atoms in total. The van der Waals surface area contributed by atoms with Crippen LogP contribution >= 0.6 is 11.6 Å². The number of nitrogens with zero attached hydrogens (tertiary/aromatic N) is 1. The molecule has 7 heteroatoms. The third-order valence-electron chi connectivity index (χ3n) is 5.04. The van der Waals surface area contributed by atoms with Crippen LogP contribution in [0.3, 0.4) is 0 Å². The summed E-state index contributed by atoms with van der Waals surface area (Å²) in [6.45, 7) is 0.201. The van der Waals surface area contributed by atoms with Crippen molar-refractivity contribution in [2.24, 2.45) is 0 Å². The number of rotatable bonds is 4. The first-order valence-electron chi connectivity index (χ1n) is 9.56. The van der Waals surface area contributed by atoms with Crippen molar-refractivity contribution in [1.82, 2.24) is 5.32 Å². The lowest BCUT2D eigenvalue weighted by atomic mass is 9.98. The van der Waals surface area contributed by atoms with Crippen molar-refractivity contribution in [3.8, 4) is 23.0 Å². The highest BCUT2D eigenvalue weighted by Gasteiger charge is 2.28. The number of halogens is 1. The van der Waals surface area contributed by atoms with Crippen LogP contribution in [0.4, 0.5) is 10.5 Å². The first kappa shape index (κ1) is 20.5. The molecule has 0 saturated heterocycles. The lowest BCUT2D eigenvalue weighted by molar-refractivity contribution is -0.385. The molecular formula is C24H17ClN2O4. The number of nitro groups is 1. The molecule has 0 fully saturated rings. The molecule has 1 N–H and O–H groups in total. The first-order valence-corrected chi connectivity index (χ1v) is 9.94. The zero-order chi connectivity index (χ0) is 21.8. The van der Waals surface area contributed by atoms with Crippen LogP contribution in [-0.4, -0.2) is 24.2 Å². The molecule has 0 atom stereocenters. The van der Waals surface area contributed by atoms with E-state index in [1.807, 2.05) is 36.4 Å². The number of nitro benzene ring substituents is 1. The number of hydrogen-bond acceptors (Lipinski definition) is 4. The molecule has 0 unspecified atom stereocenters. The van der Waals surface area contributed by atoms with E-state index in [9.17, 15) is 14.9 Å². The van der Waals surface area contributed by atoms with Gasteiger partial charge in [0.2, 0.25) is 0 Å². The summed E-state index contributed by atoms with van der Waals surface area (Å²) in [6.07, 6.45) is -0.596. The number of benzene rings is 3. The van der Waals surface area contributed by atoms with Crippen LogP contribution in [0.25, 0.3) is 11.1 Å². The molecule has 0 radical (unpaired) electrons. The first-order chi connectivity index (χ1) is 15.0. The van der Waals surface area contributed by atoms with Crippen molar-refractivity contribution in [2.45, 2.75) is 5.92 Å². The third kappa shape index (κ3) is 4.37. The Morgan fingerprint density at radius 3 is 2.35 bits per heavy atom. The zero-order valence-electron chi connectivity index (χ0n) is 16.3. The molecule has 0 bridgehead atoms. The molecule has 31 heavy (non-hydrogen) atoms. The van der Waals surface area contributed by atoms with Gasteiger partial charge < -0.3 is 10.1 Å². The maximum Gasteiger partial charge on any atom is 0.407 e. The van der Waals surface area contributed by atoms with Crippen molar-refractivity contribution >= 4 is 23.4 Å². The van der Waals surface area contributed by atoms with Crippen LogP contribution in [-0.2, 0) is 4.74 Å². The number of alkyl carbamates (subject to hydrolysis) is 1. The molecule has 4 rings (SSSR count). The molecule has 0 aliphatic heterocycles. The van der Waals surface area contributed by atoms with Gasteiger partial charge in [0.05, 0.1) is 11.5 Å². The fourth-order valence-electron chi connectivity index (χ4n) is 3.67. The van der Waals surface area contributed by atoms with Gasteiger partial charge in [-0.3, -0.25) is 10.1 Å². The van der Waals surface area contributed by atoms with Crippen LogP contribution in [0.2, 0.25) is 5.02 Å². The Kier molecular flexibility index (Phi) is 5.87.